The smallest absolute Gasteiger partial charge is 0.262 e. The maximum atomic E-state index is 12.2. The van der Waals surface area contributed by atoms with Crippen molar-refractivity contribution in [1.29, 1.82) is 0 Å². The second kappa shape index (κ2) is 8.03. The Kier molecular flexibility index (Phi) is 5.56. The van der Waals surface area contributed by atoms with Crippen molar-refractivity contribution in [2.45, 2.75) is 32.3 Å². The third-order valence-electron chi connectivity index (χ3n) is 4.25. The molecule has 0 unspecified atom stereocenters. The molecule has 0 saturated heterocycles. The lowest BCUT2D eigenvalue weighted by Gasteiger charge is -2.23. The van der Waals surface area contributed by atoms with E-state index in [2.05, 4.69) is 5.32 Å². The number of rotatable bonds is 6. The summed E-state index contributed by atoms with van der Waals surface area (Å²) in [5, 5.41) is 12.9. The quantitative estimate of drug-likeness (QED) is 0.844. The van der Waals surface area contributed by atoms with E-state index >= 15 is 0 Å². The number of aliphatic hydroxyl groups excluding tert-OH is 1. The Morgan fingerprint density at radius 3 is 2.80 bits per heavy atom. The highest BCUT2D eigenvalue weighted by Gasteiger charge is 2.21. The largest absolute Gasteiger partial charge is 0.492 e. The molecule has 1 atom stereocenters. The Morgan fingerprint density at radius 2 is 1.96 bits per heavy atom. The summed E-state index contributed by atoms with van der Waals surface area (Å²) in [5.41, 5.74) is 2.54. The van der Waals surface area contributed by atoms with Gasteiger partial charge in [0.2, 0.25) is 0 Å². The lowest BCUT2D eigenvalue weighted by Crippen LogP contribution is -2.21. The van der Waals surface area contributed by atoms with Crippen molar-refractivity contribution in [3.05, 3.63) is 53.6 Å². The van der Waals surface area contributed by atoms with E-state index in [0.717, 1.165) is 30.4 Å². The number of fused-ring (bicyclic) bond motifs is 1. The highest BCUT2D eigenvalue weighted by atomic mass is 16.5. The van der Waals surface area contributed by atoms with Crippen LogP contribution in [0, 0.1) is 0 Å². The first-order valence-electron chi connectivity index (χ1n) is 8.63. The van der Waals surface area contributed by atoms with Gasteiger partial charge in [0.1, 0.15) is 11.5 Å². The van der Waals surface area contributed by atoms with Crippen LogP contribution in [0.2, 0.25) is 0 Å². The molecule has 2 aromatic carbocycles. The average molecular weight is 341 g/mol. The topological polar surface area (TPSA) is 67.8 Å². The molecule has 1 aliphatic rings. The Morgan fingerprint density at radius 1 is 1.16 bits per heavy atom. The first-order valence-corrected chi connectivity index (χ1v) is 8.63. The SMILES string of the molecule is CCOc1ccccc1NC(=O)COc1cccc2c1CCC[C@@H]2O. The number of aliphatic hydroxyl groups is 1. The van der Waals surface area contributed by atoms with Gasteiger partial charge in [-0.2, -0.15) is 0 Å². The summed E-state index contributed by atoms with van der Waals surface area (Å²) in [5.74, 6) is 1.06. The van der Waals surface area contributed by atoms with Crippen LogP contribution in [0.25, 0.3) is 0 Å². The molecule has 0 spiro atoms. The van der Waals surface area contributed by atoms with Gasteiger partial charge in [0.05, 0.1) is 18.4 Å². The normalized spacial score (nSPS) is 16.0. The molecule has 0 aliphatic heterocycles. The number of anilines is 1. The van der Waals surface area contributed by atoms with Crippen LogP contribution in [-0.4, -0.2) is 24.2 Å². The number of hydrogen-bond donors (Lipinski definition) is 2. The summed E-state index contributed by atoms with van der Waals surface area (Å²) in [6.07, 6.45) is 2.10. The molecule has 0 saturated carbocycles. The number of carbonyl (C=O) groups excluding carboxylic acids is 1. The highest BCUT2D eigenvalue weighted by molar-refractivity contribution is 5.93. The zero-order valence-corrected chi connectivity index (χ0v) is 14.3. The van der Waals surface area contributed by atoms with Gasteiger partial charge >= 0.3 is 0 Å². The molecule has 0 heterocycles. The number of carbonyl (C=O) groups is 1. The molecular weight excluding hydrogens is 318 g/mol. The predicted molar refractivity (Wildman–Crippen MR) is 96.1 cm³/mol. The van der Waals surface area contributed by atoms with Crippen LogP contribution >= 0.6 is 0 Å². The molecular formula is C20H23NO4. The van der Waals surface area contributed by atoms with E-state index in [1.165, 1.54) is 0 Å². The van der Waals surface area contributed by atoms with Gasteiger partial charge in [-0.15, -0.1) is 0 Å². The minimum absolute atomic E-state index is 0.0903. The highest BCUT2D eigenvalue weighted by Crippen LogP contribution is 2.35. The van der Waals surface area contributed by atoms with Crippen LogP contribution in [-0.2, 0) is 11.2 Å². The van der Waals surface area contributed by atoms with Crippen LogP contribution in [0.15, 0.2) is 42.5 Å². The molecule has 1 aliphatic carbocycles. The third-order valence-corrected chi connectivity index (χ3v) is 4.25. The van der Waals surface area contributed by atoms with E-state index in [1.54, 1.807) is 6.07 Å². The molecule has 0 aromatic heterocycles. The number of hydrogen-bond acceptors (Lipinski definition) is 4. The molecule has 1 amide bonds. The second-order valence-electron chi connectivity index (χ2n) is 6.00. The van der Waals surface area contributed by atoms with Gasteiger partial charge < -0.3 is 19.9 Å². The minimum atomic E-state index is -0.445. The van der Waals surface area contributed by atoms with Crippen molar-refractivity contribution in [3.63, 3.8) is 0 Å². The average Bonchev–Trinajstić information content (AvgIpc) is 2.62. The molecule has 132 valence electrons. The molecule has 5 nitrogen and oxygen atoms in total. The van der Waals surface area contributed by atoms with Gasteiger partial charge in [-0.3, -0.25) is 4.79 Å². The molecule has 2 aromatic rings. The van der Waals surface area contributed by atoms with Crippen LogP contribution in [0.5, 0.6) is 11.5 Å². The van der Waals surface area contributed by atoms with Gasteiger partial charge in [-0.1, -0.05) is 24.3 Å². The monoisotopic (exact) mass is 341 g/mol. The van der Waals surface area contributed by atoms with Crippen LogP contribution in [0.3, 0.4) is 0 Å². The van der Waals surface area contributed by atoms with E-state index < -0.39 is 6.10 Å². The lowest BCUT2D eigenvalue weighted by molar-refractivity contribution is -0.118. The van der Waals surface area contributed by atoms with Crippen molar-refractivity contribution in [2.75, 3.05) is 18.5 Å². The van der Waals surface area contributed by atoms with E-state index in [4.69, 9.17) is 9.47 Å². The van der Waals surface area contributed by atoms with Gasteiger partial charge in [0.15, 0.2) is 6.61 Å². The minimum Gasteiger partial charge on any atom is -0.492 e. The van der Waals surface area contributed by atoms with Crippen LogP contribution in [0.1, 0.15) is 37.0 Å². The Bertz CT molecular complexity index is 744. The molecule has 5 heteroatoms. The molecule has 0 bridgehead atoms. The van der Waals surface area contributed by atoms with Gasteiger partial charge in [0.25, 0.3) is 5.91 Å². The standard InChI is InChI=1S/C20H23NO4/c1-2-24-19-11-4-3-9-16(19)21-20(23)13-25-18-12-6-7-14-15(18)8-5-10-17(14)22/h3-4,6-7,9,11-12,17,22H,2,5,8,10,13H2,1H3,(H,21,23)/t17-/m0/s1. The van der Waals surface area contributed by atoms with Crippen molar-refractivity contribution in [2.24, 2.45) is 0 Å². The van der Waals surface area contributed by atoms with Crippen LogP contribution < -0.4 is 14.8 Å². The van der Waals surface area contributed by atoms with E-state index in [0.29, 0.717) is 23.8 Å². The second-order valence-corrected chi connectivity index (χ2v) is 6.00. The number of amides is 1. The Hall–Kier alpha value is -2.53. The molecule has 0 fully saturated rings. The summed E-state index contributed by atoms with van der Waals surface area (Å²) in [6.45, 7) is 2.34. The number of para-hydroxylation sites is 2. The third kappa shape index (κ3) is 4.12. The fourth-order valence-electron chi connectivity index (χ4n) is 3.11. The van der Waals surface area contributed by atoms with E-state index in [1.807, 2.05) is 43.3 Å². The van der Waals surface area contributed by atoms with Crippen molar-refractivity contribution in [3.8, 4) is 11.5 Å². The van der Waals surface area contributed by atoms with Gasteiger partial charge in [-0.25, -0.2) is 0 Å². The van der Waals surface area contributed by atoms with E-state index in [9.17, 15) is 9.90 Å². The maximum absolute atomic E-state index is 12.2. The molecule has 0 radical (unpaired) electrons. The van der Waals surface area contributed by atoms with Crippen molar-refractivity contribution >= 4 is 11.6 Å². The van der Waals surface area contributed by atoms with Gasteiger partial charge in [-0.05, 0) is 55.5 Å². The fraction of sp³-hybridized carbons (Fsp3) is 0.350. The molecule has 3 rings (SSSR count). The molecule has 25 heavy (non-hydrogen) atoms. The van der Waals surface area contributed by atoms with Crippen LogP contribution in [0.4, 0.5) is 5.69 Å². The Labute approximate surface area is 147 Å². The lowest BCUT2D eigenvalue weighted by atomic mass is 9.89. The van der Waals surface area contributed by atoms with Gasteiger partial charge in [0, 0.05) is 0 Å². The number of benzene rings is 2. The summed E-state index contributed by atoms with van der Waals surface area (Å²) < 4.78 is 11.2. The number of ether oxygens (including phenoxy) is 2. The maximum Gasteiger partial charge on any atom is 0.262 e. The Balaban J connectivity index is 1.65. The first-order chi connectivity index (χ1) is 12.2. The zero-order chi connectivity index (χ0) is 17.6. The van der Waals surface area contributed by atoms with Crippen molar-refractivity contribution in [1.82, 2.24) is 0 Å². The van der Waals surface area contributed by atoms with E-state index in [-0.39, 0.29) is 12.5 Å². The summed E-state index contributed by atoms with van der Waals surface area (Å²) >= 11 is 0. The van der Waals surface area contributed by atoms with Crippen molar-refractivity contribution < 1.29 is 19.4 Å². The number of nitrogens with one attached hydrogen (secondary N) is 1. The zero-order valence-electron chi connectivity index (χ0n) is 14.3. The summed E-state index contributed by atoms with van der Waals surface area (Å²) in [4.78, 5) is 12.2. The summed E-state index contributed by atoms with van der Waals surface area (Å²) in [6, 6.07) is 12.9. The predicted octanol–water partition coefficient (Wildman–Crippen LogP) is 3.47. The first kappa shape index (κ1) is 17.3. The summed E-state index contributed by atoms with van der Waals surface area (Å²) in [7, 11) is 0. The molecule has 2 N–H and O–H groups in total. The fourth-order valence-corrected chi connectivity index (χ4v) is 3.11.